The van der Waals surface area contributed by atoms with Crippen LogP contribution in [0, 0.1) is 0 Å². The fraction of sp³-hybridized carbons (Fsp3) is 0.179. The van der Waals surface area contributed by atoms with Gasteiger partial charge in [-0.05, 0) is 94.3 Å². The van der Waals surface area contributed by atoms with Crippen molar-refractivity contribution in [2.24, 2.45) is 0 Å². The molecular weight excluding hydrogens is 420 g/mol. The lowest BCUT2D eigenvalue weighted by molar-refractivity contribution is -0.135. The predicted molar refractivity (Wildman–Crippen MR) is 131 cm³/mol. The average molecular weight is 445 g/mol. The Morgan fingerprint density at radius 2 is 1.59 bits per heavy atom. The minimum atomic E-state index is -0.815. The third kappa shape index (κ3) is 4.63. The Balaban J connectivity index is 1.66. The lowest BCUT2D eigenvalue weighted by Crippen LogP contribution is -1.98. The molecule has 0 bridgehead atoms. The molecule has 0 unspecified atom stereocenters. The molecule has 1 N–H and O–H groups in total. The molecule has 0 fully saturated rings. The normalized spacial score (nSPS) is 14.2. The lowest BCUT2D eigenvalue weighted by Gasteiger charge is -2.10. The van der Waals surface area contributed by atoms with Crippen molar-refractivity contribution in [2.45, 2.75) is 33.1 Å². The Labute approximate surface area is 193 Å². The number of carboxylic acid groups (broad SMARTS) is 1. The van der Waals surface area contributed by atoms with Crippen molar-refractivity contribution in [3.8, 4) is 11.5 Å². The molecule has 0 heterocycles. The molecule has 4 rings (SSSR count). The zero-order valence-electron chi connectivity index (χ0n) is 18.4. The van der Waals surface area contributed by atoms with Crippen molar-refractivity contribution in [1.29, 1.82) is 0 Å². The number of carboxylic acids is 1. The Morgan fingerprint density at radius 1 is 0.969 bits per heavy atom. The highest BCUT2D eigenvalue weighted by molar-refractivity contribution is 6.30. The van der Waals surface area contributed by atoms with Crippen molar-refractivity contribution >= 4 is 34.8 Å². The molecule has 0 amide bonds. The molecule has 0 aliphatic heterocycles. The van der Waals surface area contributed by atoms with E-state index in [2.05, 4.69) is 38.1 Å². The molecule has 3 aromatic carbocycles. The van der Waals surface area contributed by atoms with Gasteiger partial charge in [0.1, 0.15) is 11.5 Å². The summed E-state index contributed by atoms with van der Waals surface area (Å²) in [4.78, 5) is 11.5. The Hall–Kier alpha value is -3.30. The van der Waals surface area contributed by atoms with E-state index < -0.39 is 5.97 Å². The highest BCUT2D eigenvalue weighted by Crippen LogP contribution is 2.44. The number of carbonyl (C=O) groups is 1. The SMILES string of the molecule is CC1=C(CC(=O)O)c2cc(C(C)C)ccc2/C1=C\c1ccc(Oc2ccc(Cl)cc2)cc1. The van der Waals surface area contributed by atoms with E-state index in [1.165, 1.54) is 5.56 Å². The van der Waals surface area contributed by atoms with Gasteiger partial charge in [0.15, 0.2) is 0 Å². The molecule has 3 nitrogen and oxygen atoms in total. The number of hydrogen-bond acceptors (Lipinski definition) is 2. The second kappa shape index (κ2) is 9.05. The van der Waals surface area contributed by atoms with Gasteiger partial charge < -0.3 is 9.84 Å². The van der Waals surface area contributed by atoms with Crippen LogP contribution in [0.3, 0.4) is 0 Å². The zero-order chi connectivity index (χ0) is 22.8. The molecule has 0 radical (unpaired) electrons. The van der Waals surface area contributed by atoms with Gasteiger partial charge in [-0.3, -0.25) is 4.79 Å². The van der Waals surface area contributed by atoms with E-state index in [-0.39, 0.29) is 6.42 Å². The molecule has 0 aromatic heterocycles. The third-order valence-corrected chi connectivity index (χ3v) is 6.00. The highest BCUT2D eigenvalue weighted by Gasteiger charge is 2.25. The number of rotatable bonds is 6. The molecule has 0 saturated carbocycles. The Kier molecular flexibility index (Phi) is 6.20. The van der Waals surface area contributed by atoms with Crippen molar-refractivity contribution in [1.82, 2.24) is 0 Å². The van der Waals surface area contributed by atoms with E-state index in [4.69, 9.17) is 16.3 Å². The summed E-state index contributed by atoms with van der Waals surface area (Å²) in [5.41, 5.74) is 7.34. The molecule has 1 aliphatic carbocycles. The number of aliphatic carboxylic acids is 1. The summed E-state index contributed by atoms with van der Waals surface area (Å²) < 4.78 is 5.88. The predicted octanol–water partition coefficient (Wildman–Crippen LogP) is 8.06. The Bertz CT molecular complexity index is 1220. The minimum Gasteiger partial charge on any atom is -0.481 e. The van der Waals surface area contributed by atoms with Crippen LogP contribution in [0.1, 0.15) is 55.4 Å². The summed E-state index contributed by atoms with van der Waals surface area (Å²) in [5, 5.41) is 10.1. The molecule has 162 valence electrons. The third-order valence-electron chi connectivity index (χ3n) is 5.75. The van der Waals surface area contributed by atoms with Gasteiger partial charge in [-0.2, -0.15) is 0 Å². The van der Waals surface area contributed by atoms with E-state index in [1.54, 1.807) is 12.1 Å². The minimum absolute atomic E-state index is 0.0194. The maximum Gasteiger partial charge on any atom is 0.307 e. The van der Waals surface area contributed by atoms with Crippen molar-refractivity contribution in [3.63, 3.8) is 0 Å². The van der Waals surface area contributed by atoms with E-state index >= 15 is 0 Å². The van der Waals surface area contributed by atoms with Crippen LogP contribution in [0.5, 0.6) is 11.5 Å². The van der Waals surface area contributed by atoms with Gasteiger partial charge in [-0.15, -0.1) is 0 Å². The number of ether oxygens (including phenoxy) is 1. The number of hydrogen-bond donors (Lipinski definition) is 1. The molecule has 4 heteroatoms. The van der Waals surface area contributed by atoms with E-state index in [1.807, 2.05) is 43.3 Å². The monoisotopic (exact) mass is 444 g/mol. The smallest absolute Gasteiger partial charge is 0.307 e. The molecule has 3 aromatic rings. The molecule has 32 heavy (non-hydrogen) atoms. The summed E-state index contributed by atoms with van der Waals surface area (Å²) in [6.07, 6.45) is 2.13. The summed E-state index contributed by atoms with van der Waals surface area (Å²) in [7, 11) is 0. The van der Waals surface area contributed by atoms with Gasteiger partial charge in [-0.25, -0.2) is 0 Å². The summed E-state index contributed by atoms with van der Waals surface area (Å²) in [6, 6.07) is 21.5. The topological polar surface area (TPSA) is 46.5 Å². The van der Waals surface area contributed by atoms with Crippen LogP contribution in [0.4, 0.5) is 0 Å². The first-order valence-electron chi connectivity index (χ1n) is 10.6. The summed E-state index contributed by atoms with van der Waals surface area (Å²) in [5.74, 6) is 1.03. The van der Waals surface area contributed by atoms with Gasteiger partial charge in [0, 0.05) is 5.02 Å². The van der Waals surface area contributed by atoms with Crippen molar-refractivity contribution < 1.29 is 14.6 Å². The summed E-state index contributed by atoms with van der Waals surface area (Å²) in [6.45, 7) is 6.31. The fourth-order valence-corrected chi connectivity index (χ4v) is 4.10. The van der Waals surface area contributed by atoms with E-state index in [0.29, 0.717) is 10.9 Å². The number of halogens is 1. The largest absolute Gasteiger partial charge is 0.481 e. The second-order valence-corrected chi connectivity index (χ2v) is 8.75. The van der Waals surface area contributed by atoms with E-state index in [9.17, 15) is 9.90 Å². The number of allylic oxidation sites excluding steroid dienone is 2. The lowest BCUT2D eigenvalue weighted by atomic mass is 9.94. The van der Waals surface area contributed by atoms with Crippen LogP contribution in [-0.4, -0.2) is 11.1 Å². The van der Waals surface area contributed by atoms with Crippen LogP contribution >= 0.6 is 11.6 Å². The fourth-order valence-electron chi connectivity index (χ4n) is 3.97. The molecule has 1 aliphatic rings. The van der Waals surface area contributed by atoms with Gasteiger partial charge in [0.05, 0.1) is 6.42 Å². The zero-order valence-corrected chi connectivity index (χ0v) is 19.1. The quantitative estimate of drug-likeness (QED) is 0.418. The number of fused-ring (bicyclic) bond motifs is 1. The van der Waals surface area contributed by atoms with Crippen LogP contribution in [0.25, 0.3) is 17.2 Å². The second-order valence-electron chi connectivity index (χ2n) is 8.32. The first-order valence-corrected chi connectivity index (χ1v) is 11.0. The first-order chi connectivity index (χ1) is 15.3. The maximum absolute atomic E-state index is 11.5. The molecular formula is C28H25ClO3. The number of benzene rings is 3. The Morgan fingerprint density at radius 3 is 2.19 bits per heavy atom. The van der Waals surface area contributed by atoms with Crippen LogP contribution in [-0.2, 0) is 4.79 Å². The first kappa shape index (κ1) is 21.9. The molecule has 0 atom stereocenters. The molecule has 0 spiro atoms. The van der Waals surface area contributed by atoms with Crippen LogP contribution in [0.15, 0.2) is 72.3 Å². The van der Waals surface area contributed by atoms with Crippen LogP contribution < -0.4 is 4.74 Å². The average Bonchev–Trinajstić information content (AvgIpc) is 3.01. The van der Waals surface area contributed by atoms with Crippen LogP contribution in [0.2, 0.25) is 5.02 Å². The highest BCUT2D eigenvalue weighted by atomic mass is 35.5. The molecule has 0 saturated heterocycles. The van der Waals surface area contributed by atoms with Gasteiger partial charge in [-0.1, -0.05) is 55.8 Å². The van der Waals surface area contributed by atoms with Gasteiger partial charge in [0.2, 0.25) is 0 Å². The van der Waals surface area contributed by atoms with Crippen molar-refractivity contribution in [2.75, 3.05) is 0 Å². The van der Waals surface area contributed by atoms with Crippen molar-refractivity contribution in [3.05, 3.63) is 99.6 Å². The maximum atomic E-state index is 11.5. The standard InChI is InChI=1S/C28H25ClO3/c1-17(2)20-6-13-24-25(18(3)26(16-28(30)31)27(24)15-20)14-19-4-9-22(10-5-19)32-23-11-7-21(29)8-12-23/h4-15,17H,16H2,1-3H3,(H,30,31)/b25-14-. The van der Waals surface area contributed by atoms with Gasteiger partial charge in [0.25, 0.3) is 0 Å². The van der Waals surface area contributed by atoms with Gasteiger partial charge >= 0.3 is 5.97 Å². The summed E-state index contributed by atoms with van der Waals surface area (Å²) >= 11 is 5.93. The van der Waals surface area contributed by atoms with E-state index in [0.717, 1.165) is 44.9 Å².